The summed E-state index contributed by atoms with van der Waals surface area (Å²) in [7, 11) is 0. The van der Waals surface area contributed by atoms with Gasteiger partial charge >= 0.3 is 0 Å². The van der Waals surface area contributed by atoms with Crippen molar-refractivity contribution >= 4 is 48.1 Å². The van der Waals surface area contributed by atoms with Crippen molar-refractivity contribution in [2.24, 2.45) is 4.99 Å². The standard InChI is InChI=1S/C10H7N3O.2ClH.H2O/c14-8-3-4-11-10-9(8)12-6-7-2-1-5-13(7)10;;;/h1-2,4-6H,3H2;2*1H;1H2. The first-order valence-corrected chi connectivity index (χ1v) is 4.38. The molecule has 0 saturated carbocycles. The quantitative estimate of drug-likeness (QED) is 0.733. The second-order valence-electron chi connectivity index (χ2n) is 3.17. The van der Waals surface area contributed by atoms with E-state index in [4.69, 9.17) is 0 Å². The molecule has 2 aromatic heterocycles. The van der Waals surface area contributed by atoms with Crippen LogP contribution < -0.4 is 0 Å². The van der Waals surface area contributed by atoms with Crippen LogP contribution in [0, 0.1) is 0 Å². The van der Waals surface area contributed by atoms with E-state index in [0.29, 0.717) is 17.9 Å². The Morgan fingerprint density at radius 1 is 1.29 bits per heavy atom. The van der Waals surface area contributed by atoms with Gasteiger partial charge in [-0.05, 0) is 12.1 Å². The van der Waals surface area contributed by atoms with Crippen LogP contribution in [-0.2, 0) is 0 Å². The molecule has 0 amide bonds. The van der Waals surface area contributed by atoms with Gasteiger partial charge in [-0.1, -0.05) is 0 Å². The molecule has 2 aromatic rings. The van der Waals surface area contributed by atoms with Crippen LogP contribution in [0.25, 0.3) is 5.52 Å². The number of rotatable bonds is 0. The average molecular weight is 276 g/mol. The van der Waals surface area contributed by atoms with E-state index in [0.717, 1.165) is 5.52 Å². The highest BCUT2D eigenvalue weighted by Gasteiger charge is 2.17. The SMILES string of the molecule is Cl.Cl.O.O=C1CC=Nc2c1ncc1cccn21. The lowest BCUT2D eigenvalue weighted by atomic mass is 10.2. The Labute approximate surface area is 110 Å². The molecular formula is C10H11Cl2N3O2. The Morgan fingerprint density at radius 3 is 2.82 bits per heavy atom. The fourth-order valence-corrected chi connectivity index (χ4v) is 1.63. The van der Waals surface area contributed by atoms with E-state index in [-0.39, 0.29) is 36.1 Å². The minimum atomic E-state index is 0. The van der Waals surface area contributed by atoms with Gasteiger partial charge in [0, 0.05) is 18.8 Å². The molecule has 92 valence electrons. The second-order valence-corrected chi connectivity index (χ2v) is 3.17. The number of Topliss-reactive ketones (excluding diaryl/α,β-unsaturated/α-hetero) is 1. The van der Waals surface area contributed by atoms with Crippen molar-refractivity contribution in [2.45, 2.75) is 6.42 Å². The predicted octanol–water partition coefficient (Wildman–Crippen LogP) is 1.64. The number of halogens is 2. The maximum Gasteiger partial charge on any atom is 0.190 e. The van der Waals surface area contributed by atoms with E-state index >= 15 is 0 Å². The molecule has 0 fully saturated rings. The van der Waals surface area contributed by atoms with Crippen molar-refractivity contribution in [1.82, 2.24) is 9.38 Å². The number of aromatic nitrogens is 2. The Kier molecular flexibility index (Phi) is 5.28. The Bertz CT molecular complexity index is 566. The van der Waals surface area contributed by atoms with Gasteiger partial charge in [0.25, 0.3) is 0 Å². The zero-order valence-electron chi connectivity index (χ0n) is 8.66. The molecule has 0 unspecified atom stereocenters. The summed E-state index contributed by atoms with van der Waals surface area (Å²) in [5.41, 5.74) is 1.42. The van der Waals surface area contributed by atoms with Crippen LogP contribution in [0.2, 0.25) is 0 Å². The zero-order valence-corrected chi connectivity index (χ0v) is 10.3. The number of hydrogen-bond donors (Lipinski definition) is 0. The molecule has 3 heterocycles. The zero-order chi connectivity index (χ0) is 9.54. The summed E-state index contributed by atoms with van der Waals surface area (Å²) in [6.45, 7) is 0. The van der Waals surface area contributed by atoms with Gasteiger partial charge in [0.05, 0.1) is 11.7 Å². The third-order valence-electron chi connectivity index (χ3n) is 2.30. The van der Waals surface area contributed by atoms with E-state index in [9.17, 15) is 4.79 Å². The Hall–Kier alpha value is -1.43. The summed E-state index contributed by atoms with van der Waals surface area (Å²) in [4.78, 5) is 19.8. The summed E-state index contributed by atoms with van der Waals surface area (Å²) < 4.78 is 1.87. The summed E-state index contributed by atoms with van der Waals surface area (Å²) in [6.07, 6.45) is 5.56. The van der Waals surface area contributed by atoms with Crippen molar-refractivity contribution in [2.75, 3.05) is 0 Å². The van der Waals surface area contributed by atoms with Crippen molar-refractivity contribution in [3.63, 3.8) is 0 Å². The molecule has 1 aliphatic rings. The minimum Gasteiger partial charge on any atom is -0.412 e. The van der Waals surface area contributed by atoms with Crippen LogP contribution in [0.1, 0.15) is 16.9 Å². The first-order valence-electron chi connectivity index (χ1n) is 4.38. The highest BCUT2D eigenvalue weighted by Crippen LogP contribution is 2.23. The molecule has 17 heavy (non-hydrogen) atoms. The number of hydrogen-bond acceptors (Lipinski definition) is 3. The Morgan fingerprint density at radius 2 is 2.06 bits per heavy atom. The molecule has 0 aromatic carbocycles. The van der Waals surface area contributed by atoms with Crippen LogP contribution in [0.15, 0.2) is 29.5 Å². The average Bonchev–Trinajstić information content (AvgIpc) is 2.66. The van der Waals surface area contributed by atoms with Gasteiger partial charge in [0.2, 0.25) is 0 Å². The predicted molar refractivity (Wildman–Crippen MR) is 70.4 cm³/mol. The van der Waals surface area contributed by atoms with Gasteiger partial charge < -0.3 is 5.48 Å². The van der Waals surface area contributed by atoms with Crippen LogP contribution in [0.5, 0.6) is 0 Å². The molecule has 0 spiro atoms. The monoisotopic (exact) mass is 275 g/mol. The van der Waals surface area contributed by atoms with Crippen LogP contribution in [-0.4, -0.2) is 26.9 Å². The number of fused-ring (bicyclic) bond motifs is 3. The van der Waals surface area contributed by atoms with Gasteiger partial charge in [0.15, 0.2) is 11.6 Å². The number of ketones is 1. The lowest BCUT2D eigenvalue weighted by Gasteiger charge is -2.09. The normalized spacial score (nSPS) is 12.1. The smallest absolute Gasteiger partial charge is 0.190 e. The van der Waals surface area contributed by atoms with Crippen molar-refractivity contribution in [1.29, 1.82) is 0 Å². The molecule has 0 bridgehead atoms. The molecule has 0 atom stereocenters. The molecule has 1 aliphatic heterocycles. The van der Waals surface area contributed by atoms with Gasteiger partial charge in [-0.15, -0.1) is 24.8 Å². The number of carbonyl (C=O) groups is 1. The molecule has 7 heteroatoms. The molecule has 3 rings (SSSR count). The molecule has 0 aliphatic carbocycles. The van der Waals surface area contributed by atoms with E-state index in [1.165, 1.54) is 0 Å². The van der Waals surface area contributed by atoms with E-state index in [2.05, 4.69) is 9.98 Å². The van der Waals surface area contributed by atoms with Gasteiger partial charge in [-0.3, -0.25) is 9.20 Å². The van der Waals surface area contributed by atoms with Crippen LogP contribution in [0.4, 0.5) is 5.82 Å². The van der Waals surface area contributed by atoms with Crippen LogP contribution >= 0.6 is 24.8 Å². The van der Waals surface area contributed by atoms with Gasteiger partial charge in [-0.25, -0.2) is 9.98 Å². The highest BCUT2D eigenvalue weighted by atomic mass is 35.5. The van der Waals surface area contributed by atoms with Crippen molar-refractivity contribution < 1.29 is 10.3 Å². The minimum absolute atomic E-state index is 0. The maximum atomic E-state index is 11.5. The summed E-state index contributed by atoms with van der Waals surface area (Å²) >= 11 is 0. The number of carbonyl (C=O) groups excluding carboxylic acids is 1. The molecular weight excluding hydrogens is 265 g/mol. The maximum absolute atomic E-state index is 11.5. The number of aliphatic imine (C=N–C) groups is 1. The summed E-state index contributed by atoms with van der Waals surface area (Å²) in [6, 6.07) is 3.84. The van der Waals surface area contributed by atoms with Crippen molar-refractivity contribution in [3.8, 4) is 0 Å². The summed E-state index contributed by atoms with van der Waals surface area (Å²) in [5.74, 6) is 0.675. The van der Waals surface area contributed by atoms with Crippen molar-refractivity contribution in [3.05, 3.63) is 30.2 Å². The van der Waals surface area contributed by atoms with Gasteiger partial charge in [0.1, 0.15) is 5.69 Å². The molecule has 2 N–H and O–H groups in total. The second kappa shape index (κ2) is 5.77. The first-order chi connectivity index (χ1) is 6.86. The van der Waals surface area contributed by atoms with Gasteiger partial charge in [-0.2, -0.15) is 0 Å². The fourth-order valence-electron chi connectivity index (χ4n) is 1.63. The van der Waals surface area contributed by atoms with E-state index in [1.54, 1.807) is 12.4 Å². The Balaban J connectivity index is 0.000000853. The molecule has 0 saturated heterocycles. The lowest BCUT2D eigenvalue weighted by molar-refractivity contribution is 0.0996. The lowest BCUT2D eigenvalue weighted by Crippen LogP contribution is -2.09. The molecule has 0 radical (unpaired) electrons. The highest BCUT2D eigenvalue weighted by molar-refractivity contribution is 6.08. The molecule has 5 nitrogen and oxygen atoms in total. The van der Waals surface area contributed by atoms with E-state index < -0.39 is 0 Å². The third kappa shape index (κ3) is 2.31. The van der Waals surface area contributed by atoms with E-state index in [1.807, 2.05) is 22.7 Å². The third-order valence-corrected chi connectivity index (χ3v) is 2.30. The topological polar surface area (TPSA) is 78.2 Å². The largest absolute Gasteiger partial charge is 0.412 e. The first kappa shape index (κ1) is 15.6. The number of nitrogens with zero attached hydrogens (tertiary/aromatic N) is 3. The fraction of sp³-hybridized carbons (Fsp3) is 0.100. The summed E-state index contributed by atoms with van der Waals surface area (Å²) in [5, 5.41) is 0. The van der Waals surface area contributed by atoms with Crippen LogP contribution in [0.3, 0.4) is 0 Å².